The molecule has 0 atom stereocenters. The molecule has 4 heteroatoms. The van der Waals surface area contributed by atoms with E-state index in [9.17, 15) is 4.79 Å². The first-order chi connectivity index (χ1) is 13.8. The van der Waals surface area contributed by atoms with Crippen LogP contribution in [0, 0.1) is 5.92 Å². The van der Waals surface area contributed by atoms with Gasteiger partial charge in [0.25, 0.3) is 5.91 Å². The van der Waals surface area contributed by atoms with E-state index in [0.29, 0.717) is 18.1 Å². The minimum atomic E-state index is 0.0929. The Bertz CT molecular complexity index is 828. The number of benzene rings is 2. The van der Waals surface area contributed by atoms with Crippen LogP contribution in [-0.4, -0.2) is 31.0 Å². The van der Waals surface area contributed by atoms with Crippen LogP contribution in [0.15, 0.2) is 42.5 Å². The second-order valence-electron chi connectivity index (χ2n) is 9.06. The van der Waals surface area contributed by atoms with Gasteiger partial charge >= 0.3 is 0 Å². The highest BCUT2D eigenvalue weighted by Crippen LogP contribution is 2.27. The first-order valence-corrected chi connectivity index (χ1v) is 10.5. The average Bonchev–Trinajstić information content (AvgIpc) is 2.71. The third kappa shape index (κ3) is 5.31. The zero-order valence-corrected chi connectivity index (χ0v) is 18.3. The molecule has 4 nitrogen and oxygen atoms in total. The van der Waals surface area contributed by atoms with Crippen molar-refractivity contribution in [2.75, 3.05) is 20.2 Å². The maximum atomic E-state index is 12.9. The van der Waals surface area contributed by atoms with Gasteiger partial charge in [0, 0.05) is 24.2 Å². The first kappa shape index (κ1) is 21.2. The fraction of sp³-hybridized carbons (Fsp3) is 0.480. The number of hydrogen-bond acceptors (Lipinski definition) is 3. The lowest BCUT2D eigenvalue weighted by Crippen LogP contribution is -2.37. The van der Waals surface area contributed by atoms with Crippen molar-refractivity contribution in [2.24, 2.45) is 5.92 Å². The summed E-state index contributed by atoms with van der Waals surface area (Å²) in [5, 5.41) is 0. The highest BCUT2D eigenvalue weighted by Gasteiger charge is 2.22. The van der Waals surface area contributed by atoms with Gasteiger partial charge in [-0.25, -0.2) is 0 Å². The highest BCUT2D eigenvalue weighted by atomic mass is 16.5. The summed E-state index contributed by atoms with van der Waals surface area (Å²) in [6.45, 7) is 10.8. The molecule has 1 fully saturated rings. The molecule has 3 rings (SSSR count). The summed E-state index contributed by atoms with van der Waals surface area (Å²) in [4.78, 5) is 14.9. The van der Waals surface area contributed by atoms with E-state index >= 15 is 0 Å². The summed E-state index contributed by atoms with van der Waals surface area (Å²) in [5.41, 5.74) is 2.96. The number of piperidine rings is 1. The minimum Gasteiger partial charge on any atom is -0.496 e. The number of nitrogens with zero attached hydrogens (tertiary/aromatic N) is 1. The van der Waals surface area contributed by atoms with Gasteiger partial charge in [0.1, 0.15) is 18.1 Å². The zero-order valence-electron chi connectivity index (χ0n) is 18.3. The lowest BCUT2D eigenvalue weighted by Gasteiger charge is -2.30. The molecule has 0 spiro atoms. The smallest absolute Gasteiger partial charge is 0.253 e. The lowest BCUT2D eigenvalue weighted by molar-refractivity contribution is 0.0697. The van der Waals surface area contributed by atoms with Gasteiger partial charge in [-0.1, -0.05) is 39.8 Å². The summed E-state index contributed by atoms with van der Waals surface area (Å²) in [5.74, 6) is 2.33. The Balaban J connectivity index is 1.71. The molecule has 0 radical (unpaired) electrons. The van der Waals surface area contributed by atoms with Crippen molar-refractivity contribution in [1.82, 2.24) is 4.90 Å². The largest absolute Gasteiger partial charge is 0.496 e. The standard InChI is InChI=1S/C25H33NO3/c1-18-12-14-26(15-13-18)24(27)19-6-11-23(28-5)20(16-19)17-29-22-9-7-21(8-10-22)25(2,3)4/h6-11,16,18H,12-15,17H2,1-5H3. The Morgan fingerprint density at radius 2 is 1.72 bits per heavy atom. The molecular weight excluding hydrogens is 362 g/mol. The van der Waals surface area contributed by atoms with E-state index in [2.05, 4.69) is 39.8 Å². The van der Waals surface area contributed by atoms with E-state index in [4.69, 9.17) is 9.47 Å². The van der Waals surface area contributed by atoms with E-state index in [1.165, 1.54) is 5.56 Å². The van der Waals surface area contributed by atoms with Crippen LogP contribution in [0.5, 0.6) is 11.5 Å². The van der Waals surface area contributed by atoms with Gasteiger partial charge in [0.15, 0.2) is 0 Å². The molecule has 2 aromatic carbocycles. The third-order valence-corrected chi connectivity index (χ3v) is 5.71. The van der Waals surface area contributed by atoms with Gasteiger partial charge in [-0.2, -0.15) is 0 Å². The maximum Gasteiger partial charge on any atom is 0.253 e. The van der Waals surface area contributed by atoms with E-state index in [1.807, 2.05) is 35.2 Å². The highest BCUT2D eigenvalue weighted by molar-refractivity contribution is 5.94. The van der Waals surface area contributed by atoms with Crippen LogP contribution < -0.4 is 9.47 Å². The average molecular weight is 396 g/mol. The molecule has 1 aliphatic rings. The summed E-state index contributed by atoms with van der Waals surface area (Å²) in [7, 11) is 1.64. The van der Waals surface area contributed by atoms with Crippen molar-refractivity contribution in [3.63, 3.8) is 0 Å². The number of likely N-dealkylation sites (tertiary alicyclic amines) is 1. The number of rotatable bonds is 5. The normalized spacial score (nSPS) is 15.3. The van der Waals surface area contributed by atoms with Crippen LogP contribution in [0.3, 0.4) is 0 Å². The van der Waals surface area contributed by atoms with Gasteiger partial charge in [0.05, 0.1) is 7.11 Å². The van der Waals surface area contributed by atoms with Crippen LogP contribution in [0.4, 0.5) is 0 Å². The van der Waals surface area contributed by atoms with E-state index in [1.54, 1.807) is 7.11 Å². The predicted octanol–water partition coefficient (Wildman–Crippen LogP) is 5.44. The molecule has 2 aromatic rings. The number of methoxy groups -OCH3 is 1. The maximum absolute atomic E-state index is 12.9. The van der Waals surface area contributed by atoms with Crippen LogP contribution in [-0.2, 0) is 12.0 Å². The van der Waals surface area contributed by atoms with Gasteiger partial charge in [-0.05, 0) is 60.1 Å². The van der Waals surface area contributed by atoms with Crippen molar-refractivity contribution in [2.45, 2.75) is 52.6 Å². The number of carbonyl (C=O) groups is 1. The number of hydrogen-bond donors (Lipinski definition) is 0. The second kappa shape index (κ2) is 8.89. The Hall–Kier alpha value is -2.49. The number of carbonyl (C=O) groups excluding carboxylic acids is 1. The Kier molecular flexibility index (Phi) is 6.51. The third-order valence-electron chi connectivity index (χ3n) is 5.71. The summed E-state index contributed by atoms with van der Waals surface area (Å²) in [6.07, 6.45) is 2.14. The molecule has 0 unspecified atom stereocenters. The fourth-order valence-electron chi connectivity index (χ4n) is 3.63. The molecule has 0 N–H and O–H groups in total. The topological polar surface area (TPSA) is 38.8 Å². The van der Waals surface area contributed by atoms with E-state index < -0.39 is 0 Å². The van der Waals surface area contributed by atoms with Crippen molar-refractivity contribution in [3.8, 4) is 11.5 Å². The number of amides is 1. The van der Waals surface area contributed by atoms with Gasteiger partial charge in [-0.3, -0.25) is 4.79 Å². The van der Waals surface area contributed by atoms with E-state index in [-0.39, 0.29) is 11.3 Å². The van der Waals surface area contributed by atoms with Gasteiger partial charge in [0.2, 0.25) is 0 Å². The molecule has 0 saturated carbocycles. The van der Waals surface area contributed by atoms with Gasteiger partial charge in [-0.15, -0.1) is 0 Å². The summed E-state index contributed by atoms with van der Waals surface area (Å²) >= 11 is 0. The Labute approximate surface area is 174 Å². The molecule has 29 heavy (non-hydrogen) atoms. The molecule has 1 heterocycles. The molecule has 1 saturated heterocycles. The van der Waals surface area contributed by atoms with Crippen molar-refractivity contribution < 1.29 is 14.3 Å². The SMILES string of the molecule is COc1ccc(C(=O)N2CCC(C)CC2)cc1COc1ccc(C(C)(C)C)cc1. The van der Waals surface area contributed by atoms with Crippen molar-refractivity contribution in [3.05, 3.63) is 59.2 Å². The quantitative estimate of drug-likeness (QED) is 0.676. The molecule has 1 amide bonds. The van der Waals surface area contributed by atoms with E-state index in [0.717, 1.165) is 43.0 Å². The summed E-state index contributed by atoms with van der Waals surface area (Å²) < 4.78 is 11.5. The molecule has 0 bridgehead atoms. The first-order valence-electron chi connectivity index (χ1n) is 10.5. The molecule has 1 aliphatic heterocycles. The number of ether oxygens (including phenoxy) is 2. The van der Waals surface area contributed by atoms with Crippen LogP contribution in [0.1, 0.15) is 62.0 Å². The lowest BCUT2D eigenvalue weighted by atomic mass is 9.87. The Morgan fingerprint density at radius 3 is 2.31 bits per heavy atom. The fourth-order valence-corrected chi connectivity index (χ4v) is 3.63. The summed E-state index contributed by atoms with van der Waals surface area (Å²) in [6, 6.07) is 13.8. The van der Waals surface area contributed by atoms with Crippen LogP contribution in [0.25, 0.3) is 0 Å². The molecular formula is C25H33NO3. The van der Waals surface area contributed by atoms with Crippen molar-refractivity contribution in [1.29, 1.82) is 0 Å². The van der Waals surface area contributed by atoms with Crippen LogP contribution >= 0.6 is 0 Å². The zero-order chi connectivity index (χ0) is 21.0. The van der Waals surface area contributed by atoms with Crippen LogP contribution in [0.2, 0.25) is 0 Å². The van der Waals surface area contributed by atoms with Gasteiger partial charge < -0.3 is 14.4 Å². The predicted molar refractivity (Wildman–Crippen MR) is 117 cm³/mol. The molecule has 156 valence electrons. The van der Waals surface area contributed by atoms with Crippen molar-refractivity contribution >= 4 is 5.91 Å². The minimum absolute atomic E-state index is 0.0929. The second-order valence-corrected chi connectivity index (χ2v) is 9.06. The molecule has 0 aromatic heterocycles. The molecule has 0 aliphatic carbocycles. The monoisotopic (exact) mass is 395 g/mol. The Morgan fingerprint density at radius 1 is 1.07 bits per heavy atom.